The summed E-state index contributed by atoms with van der Waals surface area (Å²) in [4.78, 5) is 0. The van der Waals surface area contributed by atoms with E-state index >= 15 is 0 Å². The maximum atomic E-state index is 13.7. The maximum absolute atomic E-state index is 13.7. The monoisotopic (exact) mass is 416 g/mol. The first-order chi connectivity index (χ1) is 12.6. The molecule has 1 aliphatic heterocycles. The molecule has 1 aromatic carbocycles. The van der Waals surface area contributed by atoms with Crippen LogP contribution in [0.5, 0.6) is 0 Å². The average Bonchev–Trinajstić information content (AvgIpc) is 2.63. The maximum Gasteiger partial charge on any atom is 0.359 e. The number of hydrogen-bond donors (Lipinski definition) is 0. The molecule has 0 amide bonds. The van der Waals surface area contributed by atoms with Crippen LogP contribution in [0.3, 0.4) is 0 Å². The minimum Gasteiger partial charge on any atom is -0.367 e. The SMILES string of the molecule is CCO[C@H]1C[C@H](c2ccccc2)C(P(=O)(OCC)OCC)=C(SCC)S1. The van der Waals surface area contributed by atoms with E-state index in [1.54, 1.807) is 23.5 Å². The molecule has 0 fully saturated rings. The first-order valence-electron chi connectivity index (χ1n) is 9.19. The zero-order chi connectivity index (χ0) is 19.0. The Bertz CT molecular complexity index is 626. The molecule has 0 unspecified atom stereocenters. The van der Waals surface area contributed by atoms with Crippen molar-refractivity contribution >= 4 is 31.1 Å². The van der Waals surface area contributed by atoms with Gasteiger partial charge in [0.15, 0.2) is 0 Å². The molecule has 146 valence electrons. The zero-order valence-corrected chi connectivity index (χ0v) is 18.5. The zero-order valence-electron chi connectivity index (χ0n) is 16.0. The Hall–Kier alpha value is -0.230. The molecule has 0 saturated carbocycles. The summed E-state index contributed by atoms with van der Waals surface area (Å²) in [5.41, 5.74) is 1.17. The fourth-order valence-electron chi connectivity index (χ4n) is 3.00. The Balaban J connectivity index is 2.58. The quantitative estimate of drug-likeness (QED) is 0.408. The molecule has 1 heterocycles. The predicted octanol–water partition coefficient (Wildman–Crippen LogP) is 6.46. The molecule has 0 radical (unpaired) electrons. The Labute approximate surface area is 166 Å². The lowest BCUT2D eigenvalue weighted by atomic mass is 9.95. The van der Waals surface area contributed by atoms with E-state index < -0.39 is 7.60 Å². The van der Waals surface area contributed by atoms with E-state index in [1.165, 1.54) is 0 Å². The molecule has 0 aromatic heterocycles. The van der Waals surface area contributed by atoms with Gasteiger partial charge in [-0.1, -0.05) is 49.0 Å². The minimum absolute atomic E-state index is 0.0352. The number of rotatable bonds is 10. The Kier molecular flexibility index (Phi) is 9.28. The van der Waals surface area contributed by atoms with Crippen molar-refractivity contribution in [2.45, 2.75) is 45.5 Å². The molecule has 2 atom stereocenters. The standard InChI is InChI=1S/C19H29O4PS2/c1-5-21-17-14-16(15-12-10-9-11-13-15)18(19(26-17)25-8-4)24(20,22-6-2)23-7-3/h9-13,16-17H,5-8,14H2,1-4H3/t16-,17-/m1/s1. The van der Waals surface area contributed by atoms with E-state index in [0.717, 1.165) is 27.3 Å². The van der Waals surface area contributed by atoms with Gasteiger partial charge in [0.2, 0.25) is 0 Å². The third-order valence-electron chi connectivity index (χ3n) is 3.93. The van der Waals surface area contributed by atoms with Crippen LogP contribution >= 0.6 is 31.1 Å². The highest BCUT2D eigenvalue weighted by Crippen LogP contribution is 2.67. The smallest absolute Gasteiger partial charge is 0.359 e. The van der Waals surface area contributed by atoms with Gasteiger partial charge < -0.3 is 13.8 Å². The van der Waals surface area contributed by atoms with Crippen LogP contribution in [0.4, 0.5) is 0 Å². The number of allylic oxidation sites excluding steroid dienone is 1. The summed E-state index contributed by atoms with van der Waals surface area (Å²) in [7, 11) is -3.37. The highest BCUT2D eigenvalue weighted by molar-refractivity contribution is 8.22. The Morgan fingerprint density at radius 2 is 1.73 bits per heavy atom. The fourth-order valence-corrected chi connectivity index (χ4v) is 8.41. The van der Waals surface area contributed by atoms with Crippen LogP contribution < -0.4 is 0 Å². The normalized spacial score (nSPS) is 21.2. The van der Waals surface area contributed by atoms with Gasteiger partial charge in [0.05, 0.1) is 22.8 Å². The van der Waals surface area contributed by atoms with Crippen molar-refractivity contribution in [2.75, 3.05) is 25.6 Å². The van der Waals surface area contributed by atoms with Crippen LogP contribution in [0.1, 0.15) is 45.6 Å². The molecule has 0 spiro atoms. The third-order valence-corrected chi connectivity index (χ3v) is 8.99. The largest absolute Gasteiger partial charge is 0.367 e. The molecule has 1 aliphatic rings. The molecular weight excluding hydrogens is 387 g/mol. The van der Waals surface area contributed by atoms with Gasteiger partial charge in [-0.25, -0.2) is 0 Å². The van der Waals surface area contributed by atoms with Gasteiger partial charge in [0.1, 0.15) is 5.44 Å². The highest BCUT2D eigenvalue weighted by atomic mass is 32.2. The molecule has 1 aromatic rings. The van der Waals surface area contributed by atoms with Crippen molar-refractivity contribution < 1.29 is 18.3 Å². The molecular formula is C19H29O4PS2. The summed E-state index contributed by atoms with van der Waals surface area (Å²) < 4.78 is 32.2. The van der Waals surface area contributed by atoms with Gasteiger partial charge in [0, 0.05) is 12.5 Å². The molecule has 7 heteroatoms. The lowest BCUT2D eigenvalue weighted by Crippen LogP contribution is -2.21. The van der Waals surface area contributed by atoms with E-state index in [-0.39, 0.29) is 11.4 Å². The van der Waals surface area contributed by atoms with Crippen LogP contribution in [0.2, 0.25) is 0 Å². The van der Waals surface area contributed by atoms with Crippen molar-refractivity contribution in [1.29, 1.82) is 0 Å². The molecule has 0 saturated heterocycles. The Morgan fingerprint density at radius 1 is 1.08 bits per heavy atom. The van der Waals surface area contributed by atoms with E-state index in [1.807, 2.05) is 39.0 Å². The predicted molar refractivity (Wildman–Crippen MR) is 113 cm³/mol. The average molecular weight is 417 g/mol. The molecule has 0 N–H and O–H groups in total. The number of hydrogen-bond acceptors (Lipinski definition) is 6. The highest BCUT2D eigenvalue weighted by Gasteiger charge is 2.43. The lowest BCUT2D eigenvalue weighted by Gasteiger charge is -2.35. The van der Waals surface area contributed by atoms with Gasteiger partial charge in [-0.3, -0.25) is 4.57 Å². The fraction of sp³-hybridized carbons (Fsp3) is 0.579. The van der Waals surface area contributed by atoms with Gasteiger partial charge in [-0.2, -0.15) is 0 Å². The Morgan fingerprint density at radius 3 is 2.27 bits per heavy atom. The van der Waals surface area contributed by atoms with E-state index in [9.17, 15) is 4.57 Å². The molecule has 4 nitrogen and oxygen atoms in total. The second kappa shape index (κ2) is 10.9. The van der Waals surface area contributed by atoms with Gasteiger partial charge in [0.25, 0.3) is 0 Å². The molecule has 0 aliphatic carbocycles. The van der Waals surface area contributed by atoms with Gasteiger partial charge in [-0.05, 0) is 38.5 Å². The molecule has 26 heavy (non-hydrogen) atoms. The summed E-state index contributed by atoms with van der Waals surface area (Å²) in [6, 6.07) is 10.2. The van der Waals surface area contributed by atoms with E-state index in [4.69, 9.17) is 13.8 Å². The summed E-state index contributed by atoms with van der Waals surface area (Å²) in [5, 5.41) is 0.806. The number of ether oxygens (including phenoxy) is 1. The van der Waals surface area contributed by atoms with Gasteiger partial charge >= 0.3 is 7.60 Å². The van der Waals surface area contributed by atoms with Crippen LogP contribution in [0, 0.1) is 0 Å². The van der Waals surface area contributed by atoms with Crippen molar-refractivity contribution in [3.05, 3.63) is 45.4 Å². The van der Waals surface area contributed by atoms with Crippen molar-refractivity contribution in [3.8, 4) is 0 Å². The summed E-state index contributed by atoms with van der Waals surface area (Å²) in [5.74, 6) is 0.858. The van der Waals surface area contributed by atoms with E-state index in [0.29, 0.717) is 19.8 Å². The van der Waals surface area contributed by atoms with Crippen molar-refractivity contribution in [1.82, 2.24) is 0 Å². The molecule has 0 bridgehead atoms. The topological polar surface area (TPSA) is 44.8 Å². The lowest BCUT2D eigenvalue weighted by molar-refractivity contribution is 0.115. The van der Waals surface area contributed by atoms with Crippen LogP contribution in [0.25, 0.3) is 0 Å². The summed E-state index contributed by atoms with van der Waals surface area (Å²) in [6.07, 6.45) is 0.760. The first kappa shape index (κ1) is 22.1. The summed E-state index contributed by atoms with van der Waals surface area (Å²) >= 11 is 3.35. The number of thioether (sulfide) groups is 2. The second-order valence-electron chi connectivity index (χ2n) is 5.64. The van der Waals surface area contributed by atoms with Crippen LogP contribution in [-0.2, 0) is 18.3 Å². The number of benzene rings is 1. The first-order valence-corrected chi connectivity index (χ1v) is 12.6. The summed E-state index contributed by atoms with van der Waals surface area (Å²) in [6.45, 7) is 9.19. The molecule has 2 rings (SSSR count). The van der Waals surface area contributed by atoms with Crippen molar-refractivity contribution in [3.63, 3.8) is 0 Å². The van der Waals surface area contributed by atoms with Gasteiger partial charge in [-0.15, -0.1) is 11.8 Å². The van der Waals surface area contributed by atoms with Crippen LogP contribution in [0.15, 0.2) is 39.9 Å². The third kappa shape index (κ3) is 5.40. The van der Waals surface area contributed by atoms with E-state index in [2.05, 4.69) is 19.1 Å². The second-order valence-corrected chi connectivity index (χ2v) is 10.3. The van der Waals surface area contributed by atoms with Crippen molar-refractivity contribution in [2.24, 2.45) is 0 Å². The van der Waals surface area contributed by atoms with Crippen LogP contribution in [-0.4, -0.2) is 31.0 Å². The minimum atomic E-state index is -3.37.